The third-order valence-corrected chi connectivity index (χ3v) is 4.97. The topological polar surface area (TPSA) is 81.8 Å². The van der Waals surface area contributed by atoms with E-state index >= 15 is 0 Å². The van der Waals surface area contributed by atoms with Gasteiger partial charge in [-0.25, -0.2) is 4.79 Å². The highest BCUT2D eigenvalue weighted by molar-refractivity contribution is 6.07. The van der Waals surface area contributed by atoms with E-state index in [2.05, 4.69) is 10.6 Å². The van der Waals surface area contributed by atoms with Gasteiger partial charge in [-0.3, -0.25) is 14.5 Å². The maximum Gasteiger partial charge on any atom is 0.325 e. The molecule has 2 aliphatic heterocycles. The molecule has 3 rings (SSSR count). The van der Waals surface area contributed by atoms with Gasteiger partial charge in [0.2, 0.25) is 5.91 Å². The Bertz CT molecular complexity index is 487. The first-order valence-electron chi connectivity index (χ1n) is 8.17. The summed E-state index contributed by atoms with van der Waals surface area (Å²) in [6.07, 6.45) is 3.59. The molecule has 1 atom stereocenters. The van der Waals surface area contributed by atoms with Crippen LogP contribution in [0.15, 0.2) is 0 Å². The van der Waals surface area contributed by atoms with Crippen LogP contribution in [-0.2, 0) is 9.59 Å². The Labute approximate surface area is 130 Å². The largest absolute Gasteiger partial charge is 0.340 e. The van der Waals surface area contributed by atoms with Gasteiger partial charge in [-0.15, -0.1) is 0 Å². The number of hydrogen-bond acceptors (Lipinski definition) is 4. The van der Waals surface area contributed by atoms with Crippen molar-refractivity contribution in [3.63, 3.8) is 0 Å². The zero-order chi connectivity index (χ0) is 15.7. The zero-order valence-electron chi connectivity index (χ0n) is 13.1. The average molecular weight is 308 g/mol. The van der Waals surface area contributed by atoms with Gasteiger partial charge in [0, 0.05) is 38.6 Å². The first-order chi connectivity index (χ1) is 10.5. The predicted molar refractivity (Wildman–Crippen MR) is 80.1 cm³/mol. The molecular weight excluding hydrogens is 284 g/mol. The fourth-order valence-electron chi connectivity index (χ4n) is 3.72. The number of urea groups is 1. The number of imide groups is 1. The summed E-state index contributed by atoms with van der Waals surface area (Å²) in [5.41, 5.74) is -0.677. The van der Waals surface area contributed by atoms with Crippen LogP contribution >= 0.6 is 0 Å². The van der Waals surface area contributed by atoms with E-state index in [1.54, 1.807) is 0 Å². The van der Waals surface area contributed by atoms with E-state index in [1.807, 2.05) is 11.8 Å². The van der Waals surface area contributed by atoms with Crippen LogP contribution < -0.4 is 10.6 Å². The van der Waals surface area contributed by atoms with Gasteiger partial charge in [-0.1, -0.05) is 12.8 Å². The Hall–Kier alpha value is -1.63. The van der Waals surface area contributed by atoms with Crippen LogP contribution in [0, 0.1) is 0 Å². The summed E-state index contributed by atoms with van der Waals surface area (Å²) in [6.45, 7) is 4.39. The number of piperazine rings is 1. The Morgan fingerprint density at radius 1 is 1.32 bits per heavy atom. The van der Waals surface area contributed by atoms with E-state index in [9.17, 15) is 14.4 Å². The fraction of sp³-hybridized carbons (Fsp3) is 0.800. The molecule has 0 aromatic rings. The Balaban J connectivity index is 1.56. The summed E-state index contributed by atoms with van der Waals surface area (Å²) in [4.78, 5) is 39.8. The lowest BCUT2D eigenvalue weighted by Gasteiger charge is -2.32. The second kappa shape index (κ2) is 5.87. The highest BCUT2D eigenvalue weighted by Crippen LogP contribution is 2.35. The van der Waals surface area contributed by atoms with Crippen molar-refractivity contribution in [3.8, 4) is 0 Å². The van der Waals surface area contributed by atoms with Gasteiger partial charge < -0.3 is 15.5 Å². The van der Waals surface area contributed by atoms with Crippen molar-refractivity contribution in [2.75, 3.05) is 26.2 Å². The third-order valence-electron chi connectivity index (χ3n) is 4.97. The molecule has 3 aliphatic rings. The molecule has 2 heterocycles. The molecule has 0 aromatic heterocycles. The molecule has 2 N–H and O–H groups in total. The number of nitrogens with one attached hydrogen (secondary N) is 2. The SMILES string of the molecule is C[C@@H]1CN(C(=O)CCN2C(=O)NC3(CCCC3)C2=O)CCN1. The van der Waals surface area contributed by atoms with Gasteiger partial charge in [-0.05, 0) is 19.8 Å². The molecule has 122 valence electrons. The summed E-state index contributed by atoms with van der Waals surface area (Å²) >= 11 is 0. The average Bonchev–Trinajstić information content (AvgIpc) is 3.04. The summed E-state index contributed by atoms with van der Waals surface area (Å²) in [7, 11) is 0. The minimum atomic E-state index is -0.677. The standard InChI is InChI=1S/C15H24N4O3/c1-11-10-18(9-7-16-11)12(20)4-8-19-13(21)15(17-14(19)22)5-2-3-6-15/h11,16H,2-10H2,1H3,(H,17,22)/t11-/m1/s1. The lowest BCUT2D eigenvalue weighted by molar-refractivity contribution is -0.134. The number of nitrogens with zero attached hydrogens (tertiary/aromatic N) is 2. The number of carbonyl (C=O) groups excluding carboxylic acids is 3. The van der Waals surface area contributed by atoms with Crippen LogP contribution in [0.3, 0.4) is 0 Å². The predicted octanol–water partition coefficient (Wildman–Crippen LogP) is 0.0614. The van der Waals surface area contributed by atoms with E-state index in [1.165, 1.54) is 4.90 Å². The van der Waals surface area contributed by atoms with Crippen molar-refractivity contribution < 1.29 is 14.4 Å². The van der Waals surface area contributed by atoms with Crippen LogP contribution in [0.1, 0.15) is 39.0 Å². The Morgan fingerprint density at radius 2 is 2.05 bits per heavy atom. The smallest absolute Gasteiger partial charge is 0.325 e. The van der Waals surface area contributed by atoms with Gasteiger partial charge in [0.05, 0.1) is 0 Å². The summed E-state index contributed by atoms with van der Waals surface area (Å²) in [5.74, 6) is -0.127. The van der Waals surface area contributed by atoms with Crippen LogP contribution in [0.5, 0.6) is 0 Å². The summed E-state index contributed by atoms with van der Waals surface area (Å²) in [5, 5.41) is 6.13. The molecule has 1 aliphatic carbocycles. The molecule has 7 nitrogen and oxygen atoms in total. The van der Waals surface area contributed by atoms with Crippen molar-refractivity contribution in [2.24, 2.45) is 0 Å². The minimum absolute atomic E-state index is 0.0151. The van der Waals surface area contributed by atoms with Crippen LogP contribution in [0.4, 0.5) is 4.79 Å². The number of amides is 4. The van der Waals surface area contributed by atoms with E-state index in [0.29, 0.717) is 13.1 Å². The highest BCUT2D eigenvalue weighted by Gasteiger charge is 2.52. The maximum absolute atomic E-state index is 12.5. The zero-order valence-corrected chi connectivity index (χ0v) is 13.1. The molecule has 0 radical (unpaired) electrons. The molecule has 0 unspecified atom stereocenters. The normalized spacial score (nSPS) is 27.6. The minimum Gasteiger partial charge on any atom is -0.340 e. The second-order valence-electron chi connectivity index (χ2n) is 6.62. The number of carbonyl (C=O) groups is 3. The van der Waals surface area contributed by atoms with E-state index in [0.717, 1.165) is 32.2 Å². The molecule has 1 spiro atoms. The Morgan fingerprint density at radius 3 is 2.73 bits per heavy atom. The number of rotatable bonds is 3. The third kappa shape index (κ3) is 2.69. The fourth-order valence-corrected chi connectivity index (χ4v) is 3.72. The van der Waals surface area contributed by atoms with Gasteiger partial charge in [0.1, 0.15) is 5.54 Å². The molecule has 22 heavy (non-hydrogen) atoms. The molecule has 7 heteroatoms. The summed E-state index contributed by atoms with van der Waals surface area (Å²) < 4.78 is 0. The summed E-state index contributed by atoms with van der Waals surface area (Å²) in [6, 6.07) is -0.0513. The van der Waals surface area contributed by atoms with Crippen molar-refractivity contribution >= 4 is 17.8 Å². The van der Waals surface area contributed by atoms with Crippen molar-refractivity contribution in [3.05, 3.63) is 0 Å². The molecule has 4 amide bonds. The van der Waals surface area contributed by atoms with Crippen LogP contribution in [0.25, 0.3) is 0 Å². The Kier molecular flexibility index (Phi) is 4.08. The van der Waals surface area contributed by atoms with Crippen molar-refractivity contribution in [1.29, 1.82) is 0 Å². The van der Waals surface area contributed by atoms with Gasteiger partial charge in [0.25, 0.3) is 5.91 Å². The quantitative estimate of drug-likeness (QED) is 0.723. The van der Waals surface area contributed by atoms with Crippen molar-refractivity contribution in [2.45, 2.75) is 50.6 Å². The van der Waals surface area contributed by atoms with Gasteiger partial charge in [-0.2, -0.15) is 0 Å². The highest BCUT2D eigenvalue weighted by atomic mass is 16.2. The van der Waals surface area contributed by atoms with E-state index < -0.39 is 5.54 Å². The van der Waals surface area contributed by atoms with Gasteiger partial charge >= 0.3 is 6.03 Å². The van der Waals surface area contributed by atoms with E-state index in [-0.39, 0.29) is 36.9 Å². The molecule has 3 fully saturated rings. The number of hydrogen-bond donors (Lipinski definition) is 2. The lowest BCUT2D eigenvalue weighted by atomic mass is 9.98. The second-order valence-corrected chi connectivity index (χ2v) is 6.62. The van der Waals surface area contributed by atoms with Gasteiger partial charge in [0.15, 0.2) is 0 Å². The maximum atomic E-state index is 12.5. The molecular formula is C15H24N4O3. The molecule has 0 bridgehead atoms. The first-order valence-corrected chi connectivity index (χ1v) is 8.17. The monoisotopic (exact) mass is 308 g/mol. The first kappa shape index (κ1) is 15.3. The molecule has 1 saturated carbocycles. The van der Waals surface area contributed by atoms with Crippen LogP contribution in [-0.4, -0.2) is 65.4 Å². The molecule has 0 aromatic carbocycles. The lowest BCUT2D eigenvalue weighted by Crippen LogP contribution is -2.51. The molecule has 2 saturated heterocycles. The van der Waals surface area contributed by atoms with Crippen molar-refractivity contribution in [1.82, 2.24) is 20.4 Å². The van der Waals surface area contributed by atoms with Crippen LogP contribution in [0.2, 0.25) is 0 Å². The van der Waals surface area contributed by atoms with E-state index in [4.69, 9.17) is 0 Å².